The molecule has 0 bridgehead atoms. The average molecular weight is 187 g/mol. The second-order valence-electron chi connectivity index (χ2n) is 3.05. The molecule has 1 rings (SSSR count). The number of hydrogen-bond donors (Lipinski definition) is 0. The zero-order valence-corrected chi connectivity index (χ0v) is 8.77. The summed E-state index contributed by atoms with van der Waals surface area (Å²) in [5, 5.41) is 0. The van der Waals surface area contributed by atoms with Crippen molar-refractivity contribution in [3.63, 3.8) is 0 Å². The van der Waals surface area contributed by atoms with E-state index in [1.54, 1.807) is 0 Å². The molecular formula is C9H15ClSi. The Morgan fingerprint density at radius 3 is 2.73 bits per heavy atom. The molecule has 0 aromatic rings. The normalized spacial score (nSPS) is 19.6. The van der Waals surface area contributed by atoms with Crippen LogP contribution in [0.3, 0.4) is 0 Å². The average Bonchev–Trinajstić information content (AvgIpc) is 2.52. The van der Waals surface area contributed by atoms with Crippen molar-refractivity contribution in [3.05, 3.63) is 12.2 Å². The molecule has 0 saturated heterocycles. The van der Waals surface area contributed by atoms with Crippen molar-refractivity contribution in [1.29, 1.82) is 0 Å². The van der Waals surface area contributed by atoms with Crippen LogP contribution in [0, 0.1) is 5.92 Å². The maximum Gasteiger partial charge on any atom is 0.120 e. The maximum absolute atomic E-state index is 6.07. The van der Waals surface area contributed by atoms with E-state index in [9.17, 15) is 0 Å². The molecule has 0 spiro atoms. The lowest BCUT2D eigenvalue weighted by Crippen LogP contribution is -2.00. The summed E-state index contributed by atoms with van der Waals surface area (Å²) in [5.41, 5.74) is 2.35. The predicted molar refractivity (Wildman–Crippen MR) is 54.6 cm³/mol. The molecule has 0 amide bonds. The third-order valence-corrected chi connectivity index (χ3v) is 4.73. The molecule has 0 unspecified atom stereocenters. The topological polar surface area (TPSA) is 0 Å². The molecule has 62 valence electrons. The molecule has 0 fully saturated rings. The van der Waals surface area contributed by atoms with Gasteiger partial charge in [-0.2, -0.15) is 0 Å². The Morgan fingerprint density at radius 2 is 2.18 bits per heavy atom. The lowest BCUT2D eigenvalue weighted by atomic mass is 10.1. The summed E-state index contributed by atoms with van der Waals surface area (Å²) in [4.78, 5) is 0. The third-order valence-electron chi connectivity index (χ3n) is 2.12. The Labute approximate surface area is 75.2 Å². The second kappa shape index (κ2) is 4.89. The van der Waals surface area contributed by atoms with Crippen molar-refractivity contribution in [2.24, 2.45) is 5.92 Å². The van der Waals surface area contributed by atoms with E-state index in [1.165, 1.54) is 19.3 Å². The smallest absolute Gasteiger partial charge is 0.120 e. The van der Waals surface area contributed by atoms with Gasteiger partial charge in [0.15, 0.2) is 0 Å². The van der Waals surface area contributed by atoms with Crippen LogP contribution in [0.15, 0.2) is 12.2 Å². The molecule has 1 aliphatic carbocycles. The first kappa shape index (κ1) is 9.21. The van der Waals surface area contributed by atoms with Crippen LogP contribution in [0.1, 0.15) is 26.2 Å². The monoisotopic (exact) mass is 186 g/mol. The SMILES string of the molecule is CC[Si](Cl)=CCC1CC=CC1. The van der Waals surface area contributed by atoms with Crippen molar-refractivity contribution >= 4 is 24.5 Å². The number of allylic oxidation sites excluding steroid dienone is 2. The molecule has 0 radical (unpaired) electrons. The molecule has 11 heavy (non-hydrogen) atoms. The fraction of sp³-hybridized carbons (Fsp3) is 0.667. The van der Waals surface area contributed by atoms with Gasteiger partial charge < -0.3 is 0 Å². The summed E-state index contributed by atoms with van der Waals surface area (Å²) < 4.78 is 0. The van der Waals surface area contributed by atoms with Crippen molar-refractivity contribution in [2.75, 3.05) is 0 Å². The molecule has 0 aromatic carbocycles. The second-order valence-corrected chi connectivity index (χ2v) is 6.51. The van der Waals surface area contributed by atoms with Crippen molar-refractivity contribution in [3.8, 4) is 0 Å². The van der Waals surface area contributed by atoms with Gasteiger partial charge in [0.2, 0.25) is 0 Å². The van der Waals surface area contributed by atoms with E-state index in [0.717, 1.165) is 12.0 Å². The zero-order valence-electron chi connectivity index (χ0n) is 7.02. The van der Waals surface area contributed by atoms with Gasteiger partial charge in [-0.25, -0.2) is 0 Å². The quantitative estimate of drug-likeness (QED) is 0.361. The van der Waals surface area contributed by atoms with Gasteiger partial charge in [0.05, 0.1) is 0 Å². The fourth-order valence-electron chi connectivity index (χ4n) is 1.30. The van der Waals surface area contributed by atoms with Gasteiger partial charge in [-0.05, 0) is 31.2 Å². The summed E-state index contributed by atoms with van der Waals surface area (Å²) in [6.07, 6.45) is 8.34. The van der Waals surface area contributed by atoms with Gasteiger partial charge in [0.25, 0.3) is 0 Å². The number of halogens is 1. The van der Waals surface area contributed by atoms with Gasteiger partial charge in [0.1, 0.15) is 7.72 Å². The van der Waals surface area contributed by atoms with Crippen LogP contribution in [-0.2, 0) is 0 Å². The molecule has 0 heterocycles. The van der Waals surface area contributed by atoms with E-state index >= 15 is 0 Å². The van der Waals surface area contributed by atoms with Gasteiger partial charge in [0, 0.05) is 0 Å². The first-order chi connectivity index (χ1) is 5.33. The van der Waals surface area contributed by atoms with E-state index in [4.69, 9.17) is 11.1 Å². The van der Waals surface area contributed by atoms with Crippen molar-refractivity contribution < 1.29 is 0 Å². The van der Waals surface area contributed by atoms with E-state index in [-0.39, 0.29) is 0 Å². The zero-order chi connectivity index (χ0) is 8.10. The maximum atomic E-state index is 6.07. The first-order valence-corrected chi connectivity index (χ1v) is 7.12. The predicted octanol–water partition coefficient (Wildman–Crippen LogP) is 2.98. The largest absolute Gasteiger partial charge is 0.139 e. The highest BCUT2D eigenvalue weighted by atomic mass is 35.6. The lowest BCUT2D eigenvalue weighted by Gasteiger charge is -2.03. The summed E-state index contributed by atoms with van der Waals surface area (Å²) in [6, 6.07) is 1.16. The minimum Gasteiger partial charge on any atom is -0.139 e. The van der Waals surface area contributed by atoms with Gasteiger partial charge in [-0.3, -0.25) is 0 Å². The summed E-state index contributed by atoms with van der Waals surface area (Å²) >= 11 is 6.07. The Kier molecular flexibility index (Phi) is 4.09. The standard InChI is InChI=1S/C9H15ClSi/c1-2-11(10)8-7-9-5-3-4-6-9/h3-4,8-9H,2,5-7H2,1H3. The highest BCUT2D eigenvalue weighted by molar-refractivity contribution is 7.08. The third kappa shape index (κ3) is 3.34. The van der Waals surface area contributed by atoms with Crippen LogP contribution in [0.25, 0.3) is 0 Å². The van der Waals surface area contributed by atoms with E-state index < -0.39 is 7.72 Å². The number of hydrogen-bond acceptors (Lipinski definition) is 0. The van der Waals surface area contributed by atoms with E-state index in [0.29, 0.717) is 0 Å². The Bertz CT molecular complexity index is 164. The molecule has 0 N–H and O–H groups in total. The highest BCUT2D eigenvalue weighted by Crippen LogP contribution is 2.19. The Morgan fingerprint density at radius 1 is 1.55 bits per heavy atom. The van der Waals surface area contributed by atoms with Crippen LogP contribution >= 0.6 is 11.1 Å². The molecule has 0 aliphatic heterocycles. The summed E-state index contributed by atoms with van der Waals surface area (Å²) in [5.74, 6) is 0.875. The van der Waals surface area contributed by atoms with Gasteiger partial charge >= 0.3 is 0 Å². The minimum atomic E-state index is -0.597. The molecule has 0 saturated carbocycles. The minimum absolute atomic E-state index is 0.597. The molecule has 2 heteroatoms. The Balaban J connectivity index is 2.21. The Hall–Kier alpha value is 0.117. The molecular weight excluding hydrogens is 172 g/mol. The number of rotatable bonds is 3. The lowest BCUT2D eigenvalue weighted by molar-refractivity contribution is 0.603. The van der Waals surface area contributed by atoms with Gasteiger partial charge in [-0.15, -0.1) is 11.1 Å². The van der Waals surface area contributed by atoms with Crippen molar-refractivity contribution in [2.45, 2.75) is 32.2 Å². The van der Waals surface area contributed by atoms with E-state index in [1.807, 2.05) is 0 Å². The van der Waals surface area contributed by atoms with Crippen molar-refractivity contribution in [1.82, 2.24) is 0 Å². The molecule has 0 aromatic heterocycles. The summed E-state index contributed by atoms with van der Waals surface area (Å²) in [6.45, 7) is 2.17. The van der Waals surface area contributed by atoms with Gasteiger partial charge in [-0.1, -0.05) is 24.7 Å². The molecule has 1 aliphatic rings. The van der Waals surface area contributed by atoms with Crippen LogP contribution in [0.4, 0.5) is 0 Å². The summed E-state index contributed by atoms with van der Waals surface area (Å²) in [7, 11) is -0.597. The van der Waals surface area contributed by atoms with Crippen LogP contribution in [0.5, 0.6) is 0 Å². The van der Waals surface area contributed by atoms with E-state index in [2.05, 4.69) is 24.7 Å². The fourth-order valence-corrected chi connectivity index (χ4v) is 2.45. The van der Waals surface area contributed by atoms with Crippen LogP contribution in [-0.4, -0.2) is 13.4 Å². The van der Waals surface area contributed by atoms with Crippen LogP contribution < -0.4 is 0 Å². The van der Waals surface area contributed by atoms with Crippen LogP contribution in [0.2, 0.25) is 6.04 Å². The first-order valence-electron chi connectivity index (χ1n) is 4.32. The molecule has 0 nitrogen and oxygen atoms in total. The highest BCUT2D eigenvalue weighted by Gasteiger charge is 2.07. The molecule has 0 atom stereocenters.